The Bertz CT molecular complexity index is 519. The molecule has 0 aliphatic carbocycles. The van der Waals surface area contributed by atoms with Gasteiger partial charge in [-0.2, -0.15) is 0 Å². The van der Waals surface area contributed by atoms with Crippen LogP contribution in [0.5, 0.6) is 0 Å². The minimum atomic E-state index is -1.08. The van der Waals surface area contributed by atoms with Gasteiger partial charge in [0, 0.05) is 23.8 Å². The van der Waals surface area contributed by atoms with E-state index in [0.717, 1.165) is 6.42 Å². The number of aliphatic carboxylic acids is 1. The van der Waals surface area contributed by atoms with E-state index in [2.05, 4.69) is 6.58 Å². The molecule has 0 aliphatic rings. The van der Waals surface area contributed by atoms with Gasteiger partial charge in [0.25, 0.3) is 0 Å². The van der Waals surface area contributed by atoms with E-state index in [1.54, 1.807) is 35.2 Å². The molecule has 5 nitrogen and oxygen atoms in total. The van der Waals surface area contributed by atoms with Crippen molar-refractivity contribution in [2.75, 3.05) is 24.5 Å². The molecule has 0 saturated carbocycles. The number of hydrogen-bond acceptors (Lipinski definition) is 2. The Hall–Kier alpha value is -2.01. The first kappa shape index (κ1) is 17.0. The number of nitrogens with zero attached hydrogens (tertiary/aromatic N) is 2. The van der Waals surface area contributed by atoms with Gasteiger partial charge in [-0.3, -0.25) is 9.69 Å². The van der Waals surface area contributed by atoms with Crippen molar-refractivity contribution in [3.63, 3.8) is 0 Å². The van der Waals surface area contributed by atoms with Crippen molar-refractivity contribution in [2.45, 2.75) is 13.3 Å². The Balaban J connectivity index is 3.08. The molecule has 0 saturated heterocycles. The minimum absolute atomic E-state index is 0.364. The molecule has 0 radical (unpaired) electrons. The maximum absolute atomic E-state index is 12.6. The Labute approximate surface area is 129 Å². The van der Waals surface area contributed by atoms with Crippen LogP contribution in [0, 0.1) is 0 Å². The number of hydrogen-bond donors (Lipinski definition) is 1. The summed E-state index contributed by atoms with van der Waals surface area (Å²) in [6, 6.07) is 6.20. The number of urea groups is 1. The van der Waals surface area contributed by atoms with Gasteiger partial charge >= 0.3 is 12.0 Å². The molecule has 0 unspecified atom stereocenters. The standard InChI is InChI=1S/C15H19ClN2O3/c1-3-8-17(9-4-2)15(21)18(11-14(19)20)13-7-5-6-12(16)10-13/h3,5-7,10H,1,4,8-9,11H2,2H3,(H,19,20). The monoisotopic (exact) mass is 310 g/mol. The molecule has 21 heavy (non-hydrogen) atoms. The van der Waals surface area contributed by atoms with E-state index in [1.165, 1.54) is 4.90 Å². The summed E-state index contributed by atoms with van der Waals surface area (Å²) in [6.07, 6.45) is 2.39. The van der Waals surface area contributed by atoms with Crippen molar-refractivity contribution >= 4 is 29.3 Å². The second-order valence-electron chi connectivity index (χ2n) is 4.48. The van der Waals surface area contributed by atoms with Crippen LogP contribution in [0.25, 0.3) is 0 Å². The Kier molecular flexibility index (Phi) is 6.75. The average Bonchev–Trinajstić information content (AvgIpc) is 2.43. The third-order valence-electron chi connectivity index (χ3n) is 2.76. The van der Waals surface area contributed by atoms with Crippen LogP contribution in [0.2, 0.25) is 5.02 Å². The zero-order valence-corrected chi connectivity index (χ0v) is 12.7. The third kappa shape index (κ3) is 5.11. The largest absolute Gasteiger partial charge is 0.480 e. The lowest BCUT2D eigenvalue weighted by Crippen LogP contribution is -2.46. The lowest BCUT2D eigenvalue weighted by molar-refractivity contribution is -0.135. The number of anilines is 1. The number of rotatable bonds is 7. The number of carbonyl (C=O) groups excluding carboxylic acids is 1. The van der Waals surface area contributed by atoms with Gasteiger partial charge in [0.1, 0.15) is 6.54 Å². The summed E-state index contributed by atoms with van der Waals surface area (Å²) in [5, 5.41) is 9.49. The zero-order chi connectivity index (χ0) is 15.8. The molecule has 0 aromatic heterocycles. The smallest absolute Gasteiger partial charge is 0.325 e. The Morgan fingerprint density at radius 1 is 1.43 bits per heavy atom. The molecule has 114 valence electrons. The Morgan fingerprint density at radius 2 is 2.14 bits per heavy atom. The quantitative estimate of drug-likeness (QED) is 0.786. The van der Waals surface area contributed by atoms with Crippen LogP contribution in [0.3, 0.4) is 0 Å². The van der Waals surface area contributed by atoms with Gasteiger partial charge < -0.3 is 10.0 Å². The molecule has 0 spiro atoms. The highest BCUT2D eigenvalue weighted by atomic mass is 35.5. The molecule has 0 bridgehead atoms. The van der Waals surface area contributed by atoms with E-state index in [4.69, 9.17) is 16.7 Å². The van der Waals surface area contributed by atoms with E-state index >= 15 is 0 Å². The number of halogens is 1. The van der Waals surface area contributed by atoms with Crippen LogP contribution in [-0.2, 0) is 4.79 Å². The van der Waals surface area contributed by atoms with E-state index in [0.29, 0.717) is 23.8 Å². The molecule has 1 aromatic carbocycles. The van der Waals surface area contributed by atoms with Crippen LogP contribution in [-0.4, -0.2) is 41.6 Å². The topological polar surface area (TPSA) is 60.9 Å². The predicted molar refractivity (Wildman–Crippen MR) is 83.9 cm³/mol. The van der Waals surface area contributed by atoms with E-state index in [-0.39, 0.29) is 6.03 Å². The number of carboxylic acids is 1. The molecular formula is C15H19ClN2O3. The normalized spacial score (nSPS) is 10.0. The van der Waals surface area contributed by atoms with Crippen molar-refractivity contribution in [1.29, 1.82) is 0 Å². The number of benzene rings is 1. The average molecular weight is 311 g/mol. The fourth-order valence-electron chi connectivity index (χ4n) is 1.91. The van der Waals surface area contributed by atoms with E-state index in [1.807, 2.05) is 6.92 Å². The number of carboxylic acid groups (broad SMARTS) is 1. The molecular weight excluding hydrogens is 292 g/mol. The SMILES string of the molecule is C=CCN(CCC)C(=O)N(CC(=O)O)c1cccc(Cl)c1. The second kappa shape index (κ2) is 8.32. The van der Waals surface area contributed by atoms with Crippen molar-refractivity contribution < 1.29 is 14.7 Å². The van der Waals surface area contributed by atoms with Gasteiger partial charge in [-0.25, -0.2) is 4.79 Å². The van der Waals surface area contributed by atoms with Crippen LogP contribution < -0.4 is 4.90 Å². The molecule has 1 aromatic rings. The van der Waals surface area contributed by atoms with Gasteiger partial charge in [0.15, 0.2) is 0 Å². The summed E-state index contributed by atoms with van der Waals surface area (Å²) in [7, 11) is 0. The van der Waals surface area contributed by atoms with Crippen LogP contribution in [0.15, 0.2) is 36.9 Å². The first-order chi connectivity index (χ1) is 9.99. The summed E-state index contributed by atoms with van der Waals surface area (Å²) in [4.78, 5) is 26.4. The summed E-state index contributed by atoms with van der Waals surface area (Å²) in [5.74, 6) is -1.08. The third-order valence-corrected chi connectivity index (χ3v) is 2.99. The Morgan fingerprint density at radius 3 is 2.67 bits per heavy atom. The fourth-order valence-corrected chi connectivity index (χ4v) is 2.09. The van der Waals surface area contributed by atoms with Gasteiger partial charge in [-0.15, -0.1) is 6.58 Å². The van der Waals surface area contributed by atoms with Crippen molar-refractivity contribution in [3.05, 3.63) is 41.9 Å². The van der Waals surface area contributed by atoms with Crippen LogP contribution in [0.1, 0.15) is 13.3 Å². The summed E-state index contributed by atoms with van der Waals surface area (Å²) in [6.45, 7) is 6.04. The highest BCUT2D eigenvalue weighted by molar-refractivity contribution is 6.30. The van der Waals surface area contributed by atoms with Crippen molar-refractivity contribution in [3.8, 4) is 0 Å². The predicted octanol–water partition coefficient (Wildman–Crippen LogP) is 3.25. The molecule has 1 N–H and O–H groups in total. The number of amides is 2. The minimum Gasteiger partial charge on any atom is -0.480 e. The molecule has 6 heteroatoms. The second-order valence-corrected chi connectivity index (χ2v) is 4.91. The molecule has 0 aliphatic heterocycles. The van der Waals surface area contributed by atoms with Gasteiger partial charge in [-0.05, 0) is 24.6 Å². The van der Waals surface area contributed by atoms with E-state index < -0.39 is 12.5 Å². The molecule has 0 fully saturated rings. The van der Waals surface area contributed by atoms with Crippen LogP contribution in [0.4, 0.5) is 10.5 Å². The van der Waals surface area contributed by atoms with Gasteiger partial charge in [0.05, 0.1) is 0 Å². The maximum atomic E-state index is 12.6. The highest BCUT2D eigenvalue weighted by Crippen LogP contribution is 2.21. The fraction of sp³-hybridized carbons (Fsp3) is 0.333. The van der Waals surface area contributed by atoms with Crippen LogP contribution >= 0.6 is 11.6 Å². The summed E-state index contributed by atoms with van der Waals surface area (Å²) >= 11 is 5.92. The van der Waals surface area contributed by atoms with E-state index in [9.17, 15) is 9.59 Å². The lowest BCUT2D eigenvalue weighted by Gasteiger charge is -2.29. The number of carbonyl (C=O) groups is 2. The summed E-state index contributed by atoms with van der Waals surface area (Å²) < 4.78 is 0. The molecule has 1 rings (SSSR count). The molecule has 0 heterocycles. The maximum Gasteiger partial charge on any atom is 0.325 e. The first-order valence-corrected chi connectivity index (χ1v) is 7.02. The van der Waals surface area contributed by atoms with Gasteiger partial charge in [0.2, 0.25) is 0 Å². The molecule has 2 amide bonds. The zero-order valence-electron chi connectivity index (χ0n) is 12.0. The van der Waals surface area contributed by atoms with Crippen molar-refractivity contribution in [1.82, 2.24) is 4.90 Å². The van der Waals surface area contributed by atoms with Gasteiger partial charge in [-0.1, -0.05) is 30.7 Å². The first-order valence-electron chi connectivity index (χ1n) is 6.64. The highest BCUT2D eigenvalue weighted by Gasteiger charge is 2.23. The van der Waals surface area contributed by atoms with Crippen molar-refractivity contribution in [2.24, 2.45) is 0 Å². The molecule has 0 atom stereocenters. The lowest BCUT2D eigenvalue weighted by atomic mass is 10.3. The summed E-state index contributed by atoms with van der Waals surface area (Å²) in [5.41, 5.74) is 0.458.